The van der Waals surface area contributed by atoms with Gasteiger partial charge in [-0.3, -0.25) is 9.78 Å². The van der Waals surface area contributed by atoms with Crippen molar-refractivity contribution in [2.45, 2.75) is 26.0 Å². The number of benzene rings is 2. The molecule has 0 unspecified atom stereocenters. The monoisotopic (exact) mass is 663 g/mol. The molecule has 2 heterocycles. The number of halogens is 1. The number of rotatable bonds is 13. The van der Waals surface area contributed by atoms with Gasteiger partial charge in [0.2, 0.25) is 0 Å². The van der Waals surface area contributed by atoms with Gasteiger partial charge < -0.3 is 14.8 Å². The fourth-order valence-corrected chi connectivity index (χ4v) is 4.62. The third-order valence-corrected chi connectivity index (χ3v) is 6.95. The maximum absolute atomic E-state index is 12.3. The number of allylic oxidation sites excluding steroid dienone is 10. The SMILES string of the molecule is C1=CCC=C1.O=C(/C=C/C1=CCC=C1)c1ccc(OCCn2cc(COCCNc3ccnc4cc(Cl)ccc34)nn2)cc1.[Fe+2]. The molecular weight excluding hydrogens is 630 g/mol. The fourth-order valence-electron chi connectivity index (χ4n) is 4.46. The van der Waals surface area contributed by atoms with Gasteiger partial charge in [0.25, 0.3) is 0 Å². The number of aromatic nitrogens is 4. The maximum atomic E-state index is 12.3. The van der Waals surface area contributed by atoms with Crippen LogP contribution in [0.3, 0.4) is 0 Å². The quantitative estimate of drug-likeness (QED) is 0.0694. The molecule has 0 fully saturated rings. The normalized spacial score (nSPS) is 13.0. The second-order valence-electron chi connectivity index (χ2n) is 9.98. The molecule has 0 atom stereocenters. The van der Waals surface area contributed by atoms with Gasteiger partial charge in [-0.05, 0) is 73.0 Å². The first-order valence-corrected chi connectivity index (χ1v) is 14.9. The van der Waals surface area contributed by atoms with E-state index in [1.165, 1.54) is 0 Å². The number of ether oxygens (including phenoxy) is 2. The second-order valence-corrected chi connectivity index (χ2v) is 10.4. The molecule has 0 bridgehead atoms. The molecule has 10 heteroatoms. The van der Waals surface area contributed by atoms with Crippen molar-refractivity contribution in [3.05, 3.63) is 137 Å². The van der Waals surface area contributed by atoms with Crippen LogP contribution in [0.5, 0.6) is 5.75 Å². The van der Waals surface area contributed by atoms with Crippen molar-refractivity contribution in [2.75, 3.05) is 25.1 Å². The predicted octanol–water partition coefficient (Wildman–Crippen LogP) is 7.31. The van der Waals surface area contributed by atoms with E-state index in [9.17, 15) is 4.79 Å². The molecule has 0 amide bonds. The van der Waals surface area contributed by atoms with Crippen molar-refractivity contribution in [1.29, 1.82) is 0 Å². The molecule has 45 heavy (non-hydrogen) atoms. The van der Waals surface area contributed by atoms with Crippen LogP contribution in [-0.2, 0) is 35.0 Å². The first-order chi connectivity index (χ1) is 21.6. The molecule has 1 N–H and O–H groups in total. The fraction of sp³-hybridized carbons (Fsp3) is 0.200. The van der Waals surface area contributed by atoms with Crippen LogP contribution in [0.15, 0.2) is 121 Å². The van der Waals surface area contributed by atoms with Crippen molar-refractivity contribution in [2.24, 2.45) is 0 Å². The van der Waals surface area contributed by atoms with Crippen LogP contribution >= 0.6 is 11.6 Å². The number of nitrogens with one attached hydrogen (secondary N) is 1. The number of hydrogen-bond acceptors (Lipinski definition) is 7. The maximum Gasteiger partial charge on any atom is 2.00 e. The number of ketones is 1. The molecule has 2 aliphatic carbocycles. The van der Waals surface area contributed by atoms with Gasteiger partial charge >= 0.3 is 17.1 Å². The predicted molar refractivity (Wildman–Crippen MR) is 175 cm³/mol. The zero-order valence-electron chi connectivity index (χ0n) is 24.7. The molecule has 230 valence electrons. The van der Waals surface area contributed by atoms with Gasteiger partial charge in [0.15, 0.2) is 5.78 Å². The molecule has 4 aromatic rings. The minimum Gasteiger partial charge on any atom is -0.492 e. The standard InChI is InChI=1S/C30H28ClN5O3.C5H6.Fe/c31-24-8-11-27-28(13-14-32-29(27)19-24)33-15-17-38-21-25-20-36(35-34-25)16-18-39-26-9-6-23(7-10-26)30(37)12-5-22-3-1-2-4-22;1-2-4-5-3-1;/h1,3-14,19-20H,2,15-18,21H2,(H,32,33);1-4H,5H2;/q;;+2/b12-5+;;. The van der Waals surface area contributed by atoms with E-state index in [0.29, 0.717) is 49.2 Å². The van der Waals surface area contributed by atoms with Gasteiger partial charge in [-0.15, -0.1) is 5.10 Å². The summed E-state index contributed by atoms with van der Waals surface area (Å²) in [6.07, 6.45) is 23.6. The Morgan fingerprint density at radius 2 is 1.87 bits per heavy atom. The molecule has 2 aromatic carbocycles. The third-order valence-electron chi connectivity index (χ3n) is 6.71. The molecule has 8 nitrogen and oxygen atoms in total. The van der Waals surface area contributed by atoms with Crippen LogP contribution < -0.4 is 10.1 Å². The van der Waals surface area contributed by atoms with Gasteiger partial charge in [0, 0.05) is 34.4 Å². The van der Waals surface area contributed by atoms with E-state index in [1.807, 2.05) is 42.6 Å². The summed E-state index contributed by atoms with van der Waals surface area (Å²) >= 11 is 6.06. The average Bonchev–Trinajstić information content (AvgIpc) is 3.86. The largest absolute Gasteiger partial charge is 2.00 e. The first kappa shape index (κ1) is 33.6. The van der Waals surface area contributed by atoms with Gasteiger partial charge in [0.05, 0.1) is 31.5 Å². The number of fused-ring (bicyclic) bond motifs is 1. The summed E-state index contributed by atoms with van der Waals surface area (Å²) < 4.78 is 13.3. The van der Waals surface area contributed by atoms with Gasteiger partial charge in [-0.1, -0.05) is 65.4 Å². The number of carbonyl (C=O) groups is 1. The van der Waals surface area contributed by atoms with Gasteiger partial charge in [-0.25, -0.2) is 4.68 Å². The van der Waals surface area contributed by atoms with Crippen molar-refractivity contribution >= 4 is 34.0 Å². The minimum atomic E-state index is -0.0351. The van der Waals surface area contributed by atoms with E-state index in [2.05, 4.69) is 57.1 Å². The van der Waals surface area contributed by atoms with Crippen LogP contribution in [0, 0.1) is 0 Å². The average molecular weight is 664 g/mol. The van der Waals surface area contributed by atoms with E-state index in [0.717, 1.165) is 40.7 Å². The first-order valence-electron chi connectivity index (χ1n) is 14.5. The molecule has 2 aliphatic rings. The molecular formula is C35H34ClFeN5O3+2. The van der Waals surface area contributed by atoms with Gasteiger partial charge in [0.1, 0.15) is 18.1 Å². The smallest absolute Gasteiger partial charge is 0.492 e. The second kappa shape index (κ2) is 17.9. The number of hydrogen-bond donors (Lipinski definition) is 1. The number of pyridine rings is 1. The van der Waals surface area contributed by atoms with E-state index < -0.39 is 0 Å². The summed E-state index contributed by atoms with van der Waals surface area (Å²) in [5.74, 6) is 0.658. The van der Waals surface area contributed by atoms with Crippen molar-refractivity contribution in [3.8, 4) is 5.75 Å². The van der Waals surface area contributed by atoms with Crippen LogP contribution in [0.4, 0.5) is 5.69 Å². The molecule has 0 radical (unpaired) electrons. The van der Waals surface area contributed by atoms with Crippen molar-refractivity contribution in [3.63, 3.8) is 0 Å². The van der Waals surface area contributed by atoms with Crippen molar-refractivity contribution < 1.29 is 31.3 Å². The van der Waals surface area contributed by atoms with Crippen molar-refractivity contribution in [1.82, 2.24) is 20.0 Å². The Bertz CT molecular complexity index is 1700. The summed E-state index contributed by atoms with van der Waals surface area (Å²) in [4.78, 5) is 16.7. The Morgan fingerprint density at radius 3 is 2.62 bits per heavy atom. The molecule has 0 saturated carbocycles. The zero-order chi connectivity index (χ0) is 30.4. The number of anilines is 1. The van der Waals surface area contributed by atoms with E-state index in [4.69, 9.17) is 21.1 Å². The molecule has 2 aromatic heterocycles. The summed E-state index contributed by atoms with van der Waals surface area (Å²) in [5.41, 5.74) is 4.26. The van der Waals surface area contributed by atoms with E-state index >= 15 is 0 Å². The topological polar surface area (TPSA) is 91.2 Å². The van der Waals surface area contributed by atoms with Crippen LogP contribution in [0.2, 0.25) is 5.02 Å². The molecule has 0 spiro atoms. The Labute approximate surface area is 278 Å². The summed E-state index contributed by atoms with van der Waals surface area (Å²) in [6.45, 7) is 2.48. The summed E-state index contributed by atoms with van der Waals surface area (Å²) in [7, 11) is 0. The Kier molecular flexibility index (Phi) is 13.4. The minimum absolute atomic E-state index is 0. The zero-order valence-corrected chi connectivity index (χ0v) is 26.5. The number of carbonyl (C=O) groups excluding carboxylic acids is 1. The Morgan fingerprint density at radius 1 is 1.02 bits per heavy atom. The molecule has 6 rings (SSSR count). The Balaban J connectivity index is 0.000000700. The van der Waals surface area contributed by atoms with E-state index in [1.54, 1.807) is 41.2 Å². The van der Waals surface area contributed by atoms with E-state index in [-0.39, 0.29) is 22.9 Å². The van der Waals surface area contributed by atoms with Gasteiger partial charge in [-0.2, -0.15) is 0 Å². The Hall–Kier alpha value is -4.27. The van der Waals surface area contributed by atoms with Crippen LogP contribution in [-0.4, -0.2) is 45.5 Å². The number of nitrogens with zero attached hydrogens (tertiary/aromatic N) is 4. The van der Waals surface area contributed by atoms with Crippen LogP contribution in [0.1, 0.15) is 28.9 Å². The summed E-state index contributed by atoms with van der Waals surface area (Å²) in [6, 6.07) is 14.7. The third kappa shape index (κ3) is 10.7. The molecule has 0 aliphatic heterocycles. The van der Waals surface area contributed by atoms with Crippen LogP contribution in [0.25, 0.3) is 10.9 Å². The molecule has 0 saturated heterocycles. The summed E-state index contributed by atoms with van der Waals surface area (Å²) in [5, 5.41) is 13.4.